The van der Waals surface area contributed by atoms with Crippen LogP contribution in [0.25, 0.3) is 0 Å². The van der Waals surface area contributed by atoms with Crippen molar-refractivity contribution in [1.29, 1.82) is 0 Å². The van der Waals surface area contributed by atoms with Gasteiger partial charge < -0.3 is 10.8 Å². The van der Waals surface area contributed by atoms with Gasteiger partial charge in [0.1, 0.15) is 0 Å². The summed E-state index contributed by atoms with van der Waals surface area (Å²) < 4.78 is 38.6. The van der Waals surface area contributed by atoms with Crippen molar-refractivity contribution in [3.63, 3.8) is 0 Å². The zero-order valence-electron chi connectivity index (χ0n) is 9.32. The van der Waals surface area contributed by atoms with Crippen LogP contribution in [0.1, 0.15) is 24.3 Å². The van der Waals surface area contributed by atoms with Crippen LogP contribution in [0.15, 0.2) is 30.3 Å². The van der Waals surface area contributed by atoms with Crippen molar-refractivity contribution < 1.29 is 18.3 Å². The molecule has 0 saturated heterocycles. The summed E-state index contributed by atoms with van der Waals surface area (Å²) in [6, 6.07) is 7.17. The van der Waals surface area contributed by atoms with Crippen molar-refractivity contribution in [2.75, 3.05) is 6.61 Å². The highest BCUT2D eigenvalue weighted by Gasteiger charge is 2.40. The predicted octanol–water partition coefficient (Wildman–Crippen LogP) is 2.43. The molecule has 5 heteroatoms. The van der Waals surface area contributed by atoms with Gasteiger partial charge in [0, 0.05) is 6.04 Å². The van der Waals surface area contributed by atoms with E-state index in [1.807, 2.05) is 0 Å². The highest BCUT2D eigenvalue weighted by Crippen LogP contribution is 2.38. The van der Waals surface area contributed by atoms with Crippen molar-refractivity contribution >= 4 is 0 Å². The van der Waals surface area contributed by atoms with Crippen LogP contribution >= 0.6 is 0 Å². The zero-order valence-corrected chi connectivity index (χ0v) is 9.32. The summed E-state index contributed by atoms with van der Waals surface area (Å²) >= 11 is 0. The average molecular weight is 247 g/mol. The van der Waals surface area contributed by atoms with Crippen LogP contribution in [-0.4, -0.2) is 23.9 Å². The van der Waals surface area contributed by atoms with Gasteiger partial charge in [-0.1, -0.05) is 30.3 Å². The van der Waals surface area contributed by atoms with Gasteiger partial charge in [-0.2, -0.15) is 13.2 Å². The van der Waals surface area contributed by atoms with Crippen LogP contribution < -0.4 is 5.73 Å². The van der Waals surface area contributed by atoms with E-state index in [0.717, 1.165) is 0 Å². The Morgan fingerprint density at radius 1 is 1.12 bits per heavy atom. The number of benzene rings is 1. The van der Waals surface area contributed by atoms with E-state index in [2.05, 4.69) is 0 Å². The Morgan fingerprint density at radius 2 is 1.71 bits per heavy atom. The number of rotatable bonds is 5. The number of alkyl halides is 3. The molecule has 0 saturated carbocycles. The van der Waals surface area contributed by atoms with Crippen LogP contribution in [0.2, 0.25) is 0 Å². The molecule has 1 aromatic carbocycles. The molecule has 0 fully saturated rings. The summed E-state index contributed by atoms with van der Waals surface area (Å²) in [4.78, 5) is 0. The van der Waals surface area contributed by atoms with Crippen molar-refractivity contribution in [1.82, 2.24) is 0 Å². The molecule has 0 aliphatic carbocycles. The molecule has 1 rings (SSSR count). The Hall–Kier alpha value is -1.07. The molecular weight excluding hydrogens is 231 g/mol. The summed E-state index contributed by atoms with van der Waals surface area (Å²) in [5.74, 6) is -1.51. The first-order chi connectivity index (χ1) is 7.95. The van der Waals surface area contributed by atoms with Crippen LogP contribution in [0, 0.1) is 0 Å². The second-order valence-corrected chi connectivity index (χ2v) is 4.02. The third kappa shape index (κ3) is 4.36. The van der Waals surface area contributed by atoms with E-state index in [4.69, 9.17) is 10.8 Å². The second-order valence-electron chi connectivity index (χ2n) is 4.02. The molecule has 2 atom stereocenters. The number of hydrogen-bond acceptors (Lipinski definition) is 2. The SMILES string of the molecule is NC(CO)CCC(c1ccccc1)C(F)(F)F. The molecule has 2 nitrogen and oxygen atoms in total. The minimum absolute atomic E-state index is 0.102. The quantitative estimate of drug-likeness (QED) is 0.839. The Bertz CT molecular complexity index is 326. The molecule has 0 radical (unpaired) electrons. The van der Waals surface area contributed by atoms with Crippen LogP contribution in [0.3, 0.4) is 0 Å². The highest BCUT2D eigenvalue weighted by molar-refractivity contribution is 5.21. The molecule has 96 valence electrons. The lowest BCUT2D eigenvalue weighted by molar-refractivity contribution is -0.152. The number of nitrogens with two attached hydrogens (primary N) is 1. The predicted molar refractivity (Wildman–Crippen MR) is 59.5 cm³/mol. The van der Waals surface area contributed by atoms with Gasteiger partial charge in [0.05, 0.1) is 12.5 Å². The molecule has 3 N–H and O–H groups in total. The first kappa shape index (κ1) is 14.0. The smallest absolute Gasteiger partial charge is 0.395 e. The molecule has 0 heterocycles. The highest BCUT2D eigenvalue weighted by atomic mass is 19.4. The molecule has 2 unspecified atom stereocenters. The third-order valence-corrected chi connectivity index (χ3v) is 2.66. The Balaban J connectivity index is 2.76. The largest absolute Gasteiger partial charge is 0.395 e. The van der Waals surface area contributed by atoms with Crippen LogP contribution in [0.4, 0.5) is 13.2 Å². The fourth-order valence-electron chi connectivity index (χ4n) is 1.68. The van der Waals surface area contributed by atoms with E-state index in [9.17, 15) is 13.2 Å². The Kier molecular flexibility index (Phi) is 4.96. The minimum atomic E-state index is -4.28. The normalized spacial score (nSPS) is 15.6. The van der Waals surface area contributed by atoms with Crippen LogP contribution in [0.5, 0.6) is 0 Å². The molecule has 0 spiro atoms. The maximum Gasteiger partial charge on any atom is 0.395 e. The van der Waals surface area contributed by atoms with Crippen molar-refractivity contribution in [2.24, 2.45) is 5.73 Å². The van der Waals surface area contributed by atoms with E-state index in [0.29, 0.717) is 0 Å². The summed E-state index contributed by atoms with van der Waals surface area (Å²) in [7, 11) is 0. The molecule has 17 heavy (non-hydrogen) atoms. The Morgan fingerprint density at radius 3 is 2.18 bits per heavy atom. The number of aliphatic hydroxyl groups excluding tert-OH is 1. The van der Waals surface area contributed by atoms with Crippen molar-refractivity contribution in [3.8, 4) is 0 Å². The minimum Gasteiger partial charge on any atom is -0.395 e. The van der Waals surface area contributed by atoms with Crippen molar-refractivity contribution in [2.45, 2.75) is 31.0 Å². The second kappa shape index (κ2) is 6.02. The molecule has 0 aliphatic rings. The topological polar surface area (TPSA) is 46.2 Å². The summed E-state index contributed by atoms with van der Waals surface area (Å²) in [6.45, 7) is -0.292. The van der Waals surface area contributed by atoms with Gasteiger partial charge in [0.2, 0.25) is 0 Å². The lowest BCUT2D eigenvalue weighted by Gasteiger charge is -2.21. The van der Waals surface area contributed by atoms with Gasteiger partial charge in [-0.05, 0) is 18.4 Å². The molecule has 1 aromatic rings. The van der Waals surface area contributed by atoms with Crippen molar-refractivity contribution in [3.05, 3.63) is 35.9 Å². The standard InChI is InChI=1S/C12H16F3NO/c13-12(14,15)11(7-6-10(16)8-17)9-4-2-1-3-5-9/h1-5,10-11,17H,6-8,16H2. The summed E-state index contributed by atoms with van der Waals surface area (Å²) in [5, 5.41) is 8.71. The summed E-state index contributed by atoms with van der Waals surface area (Å²) in [5.41, 5.74) is 5.67. The first-order valence-electron chi connectivity index (χ1n) is 5.43. The maximum absolute atomic E-state index is 12.9. The van der Waals surface area contributed by atoms with Gasteiger partial charge in [0.25, 0.3) is 0 Å². The van der Waals surface area contributed by atoms with E-state index in [1.165, 1.54) is 12.1 Å². The zero-order chi connectivity index (χ0) is 12.9. The number of halogens is 3. The third-order valence-electron chi connectivity index (χ3n) is 2.66. The van der Waals surface area contributed by atoms with E-state index < -0.39 is 18.1 Å². The van der Waals surface area contributed by atoms with E-state index in [-0.39, 0.29) is 25.0 Å². The van der Waals surface area contributed by atoms with Gasteiger partial charge >= 0.3 is 6.18 Å². The van der Waals surface area contributed by atoms with Gasteiger partial charge in [-0.25, -0.2) is 0 Å². The fraction of sp³-hybridized carbons (Fsp3) is 0.500. The number of hydrogen-bond donors (Lipinski definition) is 2. The fourth-order valence-corrected chi connectivity index (χ4v) is 1.68. The average Bonchev–Trinajstić information content (AvgIpc) is 2.28. The lowest BCUT2D eigenvalue weighted by atomic mass is 9.92. The number of aliphatic hydroxyl groups is 1. The maximum atomic E-state index is 12.9. The molecule has 0 aliphatic heterocycles. The monoisotopic (exact) mass is 247 g/mol. The molecular formula is C12H16F3NO. The molecule has 0 aromatic heterocycles. The van der Waals surface area contributed by atoms with E-state index in [1.54, 1.807) is 18.2 Å². The molecule has 0 bridgehead atoms. The summed E-state index contributed by atoms with van der Waals surface area (Å²) in [6.07, 6.45) is -4.23. The van der Waals surface area contributed by atoms with Gasteiger partial charge in [-0.3, -0.25) is 0 Å². The van der Waals surface area contributed by atoms with E-state index >= 15 is 0 Å². The van der Waals surface area contributed by atoms with Gasteiger partial charge in [0.15, 0.2) is 0 Å². The van der Waals surface area contributed by atoms with Crippen LogP contribution in [-0.2, 0) is 0 Å². The van der Waals surface area contributed by atoms with Gasteiger partial charge in [-0.15, -0.1) is 0 Å². The lowest BCUT2D eigenvalue weighted by Crippen LogP contribution is -2.28. The Labute approximate surface area is 98.3 Å². The first-order valence-corrected chi connectivity index (χ1v) is 5.43. The molecule has 0 amide bonds.